The first kappa shape index (κ1) is 12.5. The predicted molar refractivity (Wildman–Crippen MR) is 53.4 cm³/mol. The summed E-state index contributed by atoms with van der Waals surface area (Å²) in [4.78, 5) is 34.5. The van der Waals surface area contributed by atoms with Gasteiger partial charge in [0.2, 0.25) is 11.4 Å². The van der Waals surface area contributed by atoms with Gasteiger partial charge in [-0.15, -0.1) is 0 Å². The van der Waals surface area contributed by atoms with Crippen LogP contribution in [-0.2, 0) is 23.9 Å². The van der Waals surface area contributed by atoms with Crippen LogP contribution < -0.4 is 5.32 Å². The molecule has 1 aliphatic rings. The number of hydrogen-bond acceptors (Lipinski definition) is 5. The fraction of sp³-hybridized carbons (Fsp3) is 0.700. The molecule has 0 aromatic carbocycles. The van der Waals surface area contributed by atoms with E-state index in [1.165, 1.54) is 0 Å². The Morgan fingerprint density at radius 3 is 2.06 bits per heavy atom. The highest BCUT2D eigenvalue weighted by molar-refractivity contribution is 6.09. The molecule has 0 aromatic heterocycles. The van der Waals surface area contributed by atoms with Gasteiger partial charge in [-0.3, -0.25) is 4.79 Å². The molecule has 0 bridgehead atoms. The number of amides is 1. The Balaban J connectivity index is 2.89. The highest BCUT2D eigenvalue weighted by Crippen LogP contribution is 2.23. The second-order valence-corrected chi connectivity index (χ2v) is 3.39. The smallest absolute Gasteiger partial charge is 0.343 e. The number of carbonyl (C=O) groups excluding carboxylic acids is 3. The Kier molecular flexibility index (Phi) is 3.87. The Morgan fingerprint density at radius 1 is 1.25 bits per heavy atom. The normalized spacial score (nSPS) is 17.8. The van der Waals surface area contributed by atoms with E-state index in [0.29, 0.717) is 0 Å². The van der Waals surface area contributed by atoms with Crippen molar-refractivity contribution in [3.63, 3.8) is 0 Å². The van der Waals surface area contributed by atoms with E-state index < -0.39 is 17.5 Å². The van der Waals surface area contributed by atoms with Gasteiger partial charge >= 0.3 is 11.9 Å². The van der Waals surface area contributed by atoms with E-state index in [-0.39, 0.29) is 32.0 Å². The molecular weight excluding hydrogens is 214 g/mol. The largest absolute Gasteiger partial charge is 0.464 e. The molecule has 1 rings (SSSR count). The standard InChI is InChI=1S/C10H15NO5/c1-3-15-8(13)10(9(14)16-4-2)6-5-7(12)11-10/h3-6H2,1-2H3,(H,11,12). The van der Waals surface area contributed by atoms with Gasteiger partial charge in [0.25, 0.3) is 0 Å². The maximum Gasteiger partial charge on any atom is 0.343 e. The van der Waals surface area contributed by atoms with E-state index in [1.807, 2.05) is 0 Å². The molecule has 0 aliphatic carbocycles. The zero-order chi connectivity index (χ0) is 12.2. The third kappa shape index (κ3) is 2.15. The van der Waals surface area contributed by atoms with Crippen LogP contribution in [0.2, 0.25) is 0 Å². The van der Waals surface area contributed by atoms with Gasteiger partial charge in [0.1, 0.15) is 0 Å². The predicted octanol–water partition coefficient (Wildman–Crippen LogP) is -0.239. The van der Waals surface area contributed by atoms with E-state index in [4.69, 9.17) is 9.47 Å². The molecule has 16 heavy (non-hydrogen) atoms. The van der Waals surface area contributed by atoms with Crippen molar-refractivity contribution in [2.45, 2.75) is 32.2 Å². The highest BCUT2D eigenvalue weighted by Gasteiger charge is 2.53. The number of rotatable bonds is 4. The zero-order valence-corrected chi connectivity index (χ0v) is 9.37. The minimum atomic E-state index is -1.64. The fourth-order valence-corrected chi connectivity index (χ4v) is 1.56. The van der Waals surface area contributed by atoms with E-state index in [0.717, 1.165) is 0 Å². The molecule has 1 amide bonds. The molecule has 1 heterocycles. The summed E-state index contributed by atoms with van der Waals surface area (Å²) in [5.41, 5.74) is -1.64. The molecule has 0 unspecified atom stereocenters. The van der Waals surface area contributed by atoms with Gasteiger partial charge in [0, 0.05) is 12.8 Å². The minimum absolute atomic E-state index is 0.0868. The lowest BCUT2D eigenvalue weighted by Gasteiger charge is -2.23. The highest BCUT2D eigenvalue weighted by atomic mass is 16.6. The Hall–Kier alpha value is -1.59. The molecule has 0 radical (unpaired) electrons. The van der Waals surface area contributed by atoms with Crippen molar-refractivity contribution in [1.82, 2.24) is 5.32 Å². The Morgan fingerprint density at radius 2 is 1.75 bits per heavy atom. The number of nitrogens with one attached hydrogen (secondary N) is 1. The maximum atomic E-state index is 11.7. The first-order chi connectivity index (χ1) is 7.56. The summed E-state index contributed by atoms with van der Waals surface area (Å²) in [7, 11) is 0. The van der Waals surface area contributed by atoms with Gasteiger partial charge < -0.3 is 14.8 Å². The summed E-state index contributed by atoms with van der Waals surface area (Å²) in [5, 5.41) is 2.35. The molecule has 6 heteroatoms. The number of carbonyl (C=O) groups is 3. The zero-order valence-electron chi connectivity index (χ0n) is 9.37. The quantitative estimate of drug-likeness (QED) is 0.531. The first-order valence-corrected chi connectivity index (χ1v) is 5.22. The van der Waals surface area contributed by atoms with Crippen LogP contribution in [0.25, 0.3) is 0 Å². The van der Waals surface area contributed by atoms with Gasteiger partial charge in [-0.2, -0.15) is 0 Å². The molecule has 90 valence electrons. The summed E-state index contributed by atoms with van der Waals surface area (Å²) in [5.74, 6) is -1.85. The van der Waals surface area contributed by atoms with Crippen molar-refractivity contribution in [3.8, 4) is 0 Å². The average molecular weight is 229 g/mol. The number of ether oxygens (including phenoxy) is 2. The number of hydrogen-bond donors (Lipinski definition) is 1. The van der Waals surface area contributed by atoms with Crippen molar-refractivity contribution in [1.29, 1.82) is 0 Å². The van der Waals surface area contributed by atoms with E-state index in [9.17, 15) is 14.4 Å². The molecule has 1 aliphatic heterocycles. The molecular formula is C10H15NO5. The third-order valence-electron chi connectivity index (χ3n) is 2.33. The van der Waals surface area contributed by atoms with Gasteiger partial charge in [0.05, 0.1) is 13.2 Å². The fourth-order valence-electron chi connectivity index (χ4n) is 1.56. The van der Waals surface area contributed by atoms with Crippen LogP contribution >= 0.6 is 0 Å². The summed E-state index contributed by atoms with van der Waals surface area (Å²) >= 11 is 0. The van der Waals surface area contributed by atoms with Crippen molar-refractivity contribution in [2.75, 3.05) is 13.2 Å². The van der Waals surface area contributed by atoms with Crippen molar-refractivity contribution < 1.29 is 23.9 Å². The molecule has 0 spiro atoms. The molecule has 6 nitrogen and oxygen atoms in total. The summed E-state index contributed by atoms with van der Waals surface area (Å²) < 4.78 is 9.58. The summed E-state index contributed by atoms with van der Waals surface area (Å²) in [6.45, 7) is 3.56. The SMILES string of the molecule is CCOC(=O)C1(C(=O)OCC)CCC(=O)N1. The average Bonchev–Trinajstić information content (AvgIpc) is 2.63. The van der Waals surface area contributed by atoms with Crippen molar-refractivity contribution in [2.24, 2.45) is 0 Å². The maximum absolute atomic E-state index is 11.7. The molecule has 1 fully saturated rings. The van der Waals surface area contributed by atoms with Gasteiger partial charge in [-0.1, -0.05) is 0 Å². The molecule has 1 N–H and O–H groups in total. The summed E-state index contributed by atoms with van der Waals surface area (Å²) in [6.07, 6.45) is 0.209. The van der Waals surface area contributed by atoms with Crippen LogP contribution in [0.5, 0.6) is 0 Å². The van der Waals surface area contributed by atoms with Gasteiger partial charge in [0.15, 0.2) is 0 Å². The lowest BCUT2D eigenvalue weighted by Crippen LogP contribution is -2.57. The topological polar surface area (TPSA) is 81.7 Å². The lowest BCUT2D eigenvalue weighted by molar-refractivity contribution is -0.166. The Bertz CT molecular complexity index is 294. The van der Waals surface area contributed by atoms with Crippen molar-refractivity contribution in [3.05, 3.63) is 0 Å². The van der Waals surface area contributed by atoms with Crippen molar-refractivity contribution >= 4 is 17.8 Å². The van der Waals surface area contributed by atoms with Crippen LogP contribution in [0.3, 0.4) is 0 Å². The van der Waals surface area contributed by atoms with Crippen LogP contribution in [0, 0.1) is 0 Å². The molecule has 0 atom stereocenters. The second kappa shape index (κ2) is 4.96. The Labute approximate surface area is 93.3 Å². The lowest BCUT2D eigenvalue weighted by atomic mass is 9.98. The van der Waals surface area contributed by atoms with Crippen LogP contribution in [-0.4, -0.2) is 36.6 Å². The van der Waals surface area contributed by atoms with E-state index >= 15 is 0 Å². The third-order valence-corrected chi connectivity index (χ3v) is 2.33. The van der Waals surface area contributed by atoms with Gasteiger partial charge in [-0.25, -0.2) is 9.59 Å². The second-order valence-electron chi connectivity index (χ2n) is 3.39. The summed E-state index contributed by atoms with van der Waals surface area (Å²) in [6, 6.07) is 0. The molecule has 0 aromatic rings. The van der Waals surface area contributed by atoms with Crippen LogP contribution in [0.4, 0.5) is 0 Å². The van der Waals surface area contributed by atoms with E-state index in [2.05, 4.69) is 5.32 Å². The van der Waals surface area contributed by atoms with E-state index in [1.54, 1.807) is 13.8 Å². The molecule has 0 saturated carbocycles. The van der Waals surface area contributed by atoms with Crippen LogP contribution in [0.1, 0.15) is 26.7 Å². The first-order valence-electron chi connectivity index (χ1n) is 5.22. The molecule has 1 saturated heterocycles. The monoisotopic (exact) mass is 229 g/mol. The van der Waals surface area contributed by atoms with Gasteiger partial charge in [-0.05, 0) is 13.8 Å². The number of esters is 2. The minimum Gasteiger partial charge on any atom is -0.464 e. The van der Waals surface area contributed by atoms with Crippen LogP contribution in [0.15, 0.2) is 0 Å².